The van der Waals surface area contributed by atoms with Crippen molar-refractivity contribution in [3.8, 4) is 0 Å². The van der Waals surface area contributed by atoms with E-state index in [0.29, 0.717) is 18.7 Å². The Morgan fingerprint density at radius 3 is 2.82 bits per heavy atom. The smallest absolute Gasteiger partial charge is 0.396 e. The normalized spacial score (nSPS) is 17.0. The molecule has 0 radical (unpaired) electrons. The topological polar surface area (TPSA) is 94.3 Å². The SMILES string of the molecule is CCOC(=O)C(=O)NC1(c2ncon2)CCC1. The van der Waals surface area contributed by atoms with E-state index in [1.54, 1.807) is 6.92 Å². The van der Waals surface area contributed by atoms with Gasteiger partial charge in [0.1, 0.15) is 5.54 Å². The number of esters is 1. The summed E-state index contributed by atoms with van der Waals surface area (Å²) in [4.78, 5) is 26.7. The van der Waals surface area contributed by atoms with Gasteiger partial charge in [0.2, 0.25) is 6.39 Å². The van der Waals surface area contributed by atoms with Gasteiger partial charge in [0.25, 0.3) is 0 Å². The summed E-state index contributed by atoms with van der Waals surface area (Å²) in [6, 6.07) is 0. The van der Waals surface area contributed by atoms with Gasteiger partial charge in [0.15, 0.2) is 5.82 Å². The Hall–Kier alpha value is -1.92. The summed E-state index contributed by atoms with van der Waals surface area (Å²) in [5.74, 6) is -1.25. The van der Waals surface area contributed by atoms with Crippen LogP contribution in [-0.4, -0.2) is 28.6 Å². The summed E-state index contributed by atoms with van der Waals surface area (Å²) in [6.07, 6.45) is 3.53. The average Bonchev–Trinajstić information content (AvgIpc) is 2.77. The van der Waals surface area contributed by atoms with Crippen LogP contribution >= 0.6 is 0 Å². The lowest BCUT2D eigenvalue weighted by Gasteiger charge is -2.39. The van der Waals surface area contributed by atoms with E-state index in [1.165, 1.54) is 6.39 Å². The lowest BCUT2D eigenvalue weighted by molar-refractivity contribution is -0.156. The van der Waals surface area contributed by atoms with E-state index in [0.717, 1.165) is 6.42 Å². The second-order valence-corrected chi connectivity index (χ2v) is 3.87. The minimum absolute atomic E-state index is 0.168. The largest absolute Gasteiger partial charge is 0.459 e. The minimum Gasteiger partial charge on any atom is -0.459 e. The fraction of sp³-hybridized carbons (Fsp3) is 0.600. The third kappa shape index (κ3) is 2.13. The molecule has 0 saturated heterocycles. The molecule has 1 amide bonds. The van der Waals surface area contributed by atoms with E-state index in [1.807, 2.05) is 0 Å². The Bertz CT molecular complexity index is 411. The van der Waals surface area contributed by atoms with Crippen LogP contribution in [0.3, 0.4) is 0 Å². The fourth-order valence-corrected chi connectivity index (χ4v) is 1.78. The van der Waals surface area contributed by atoms with Crippen molar-refractivity contribution in [2.24, 2.45) is 0 Å². The molecule has 0 atom stereocenters. The molecule has 7 nitrogen and oxygen atoms in total. The van der Waals surface area contributed by atoms with Crippen molar-refractivity contribution < 1.29 is 18.8 Å². The van der Waals surface area contributed by atoms with Gasteiger partial charge in [-0.3, -0.25) is 4.79 Å². The van der Waals surface area contributed by atoms with Gasteiger partial charge in [-0.05, 0) is 26.2 Å². The van der Waals surface area contributed by atoms with Crippen molar-refractivity contribution in [1.82, 2.24) is 15.5 Å². The quantitative estimate of drug-likeness (QED) is 0.595. The number of nitrogens with zero attached hydrogens (tertiary/aromatic N) is 2. The molecular weight excluding hydrogens is 226 g/mol. The molecule has 0 unspecified atom stereocenters. The lowest BCUT2D eigenvalue weighted by atomic mass is 9.76. The molecule has 1 N–H and O–H groups in total. The first kappa shape index (κ1) is 11.6. The van der Waals surface area contributed by atoms with E-state index in [2.05, 4.69) is 24.7 Å². The predicted octanol–water partition coefficient (Wildman–Crippen LogP) is 0.128. The van der Waals surface area contributed by atoms with E-state index in [-0.39, 0.29) is 6.61 Å². The van der Waals surface area contributed by atoms with Crippen molar-refractivity contribution in [3.63, 3.8) is 0 Å². The molecule has 7 heteroatoms. The molecule has 0 aliphatic heterocycles. The van der Waals surface area contributed by atoms with E-state index >= 15 is 0 Å². The van der Waals surface area contributed by atoms with Crippen LogP contribution in [0.2, 0.25) is 0 Å². The van der Waals surface area contributed by atoms with Crippen LogP contribution in [0.15, 0.2) is 10.9 Å². The Morgan fingerprint density at radius 1 is 1.59 bits per heavy atom. The van der Waals surface area contributed by atoms with Crippen LogP contribution < -0.4 is 5.32 Å². The van der Waals surface area contributed by atoms with Crippen LogP contribution in [-0.2, 0) is 19.9 Å². The maximum atomic E-state index is 11.6. The highest BCUT2D eigenvalue weighted by molar-refractivity contribution is 6.32. The first-order valence-corrected chi connectivity index (χ1v) is 5.44. The molecule has 1 saturated carbocycles. The number of carbonyl (C=O) groups excluding carboxylic acids is 2. The van der Waals surface area contributed by atoms with Crippen LogP contribution in [0.5, 0.6) is 0 Å². The van der Waals surface area contributed by atoms with Gasteiger partial charge in [-0.2, -0.15) is 4.98 Å². The number of nitrogens with one attached hydrogen (secondary N) is 1. The van der Waals surface area contributed by atoms with Gasteiger partial charge in [-0.25, -0.2) is 4.79 Å². The third-order valence-electron chi connectivity index (χ3n) is 2.81. The van der Waals surface area contributed by atoms with Crippen molar-refractivity contribution in [3.05, 3.63) is 12.2 Å². The summed E-state index contributed by atoms with van der Waals surface area (Å²) >= 11 is 0. The molecule has 92 valence electrons. The molecule has 0 spiro atoms. The summed E-state index contributed by atoms with van der Waals surface area (Å²) < 4.78 is 9.28. The van der Waals surface area contributed by atoms with Gasteiger partial charge >= 0.3 is 11.9 Å². The third-order valence-corrected chi connectivity index (χ3v) is 2.81. The first-order chi connectivity index (χ1) is 8.18. The number of hydrogen-bond donors (Lipinski definition) is 1. The van der Waals surface area contributed by atoms with Gasteiger partial charge in [-0.1, -0.05) is 5.16 Å². The van der Waals surface area contributed by atoms with Gasteiger partial charge in [-0.15, -0.1) is 0 Å². The second-order valence-electron chi connectivity index (χ2n) is 3.87. The monoisotopic (exact) mass is 239 g/mol. The van der Waals surface area contributed by atoms with Crippen molar-refractivity contribution in [1.29, 1.82) is 0 Å². The zero-order valence-corrected chi connectivity index (χ0v) is 9.43. The fourth-order valence-electron chi connectivity index (χ4n) is 1.78. The number of aromatic nitrogens is 2. The summed E-state index contributed by atoms with van der Waals surface area (Å²) in [6.45, 7) is 1.81. The standard InChI is InChI=1S/C10H13N3O4/c1-2-16-8(15)7(14)12-10(4-3-5-10)9-11-6-17-13-9/h6H,2-5H2,1H3,(H,12,14). The van der Waals surface area contributed by atoms with E-state index < -0.39 is 17.4 Å². The molecule has 1 aliphatic rings. The molecule has 0 aromatic carbocycles. The zero-order valence-electron chi connectivity index (χ0n) is 9.43. The maximum Gasteiger partial charge on any atom is 0.396 e. The molecule has 1 aromatic rings. The molecular formula is C10H13N3O4. The molecule has 1 aromatic heterocycles. The Kier molecular flexibility index (Phi) is 3.08. The number of hydrogen-bond acceptors (Lipinski definition) is 6. The van der Waals surface area contributed by atoms with Crippen LogP contribution in [0.1, 0.15) is 32.0 Å². The van der Waals surface area contributed by atoms with E-state index in [4.69, 9.17) is 0 Å². The number of ether oxygens (including phenoxy) is 1. The molecule has 1 aliphatic carbocycles. The van der Waals surface area contributed by atoms with Crippen LogP contribution in [0.25, 0.3) is 0 Å². The van der Waals surface area contributed by atoms with Crippen molar-refractivity contribution in [2.45, 2.75) is 31.7 Å². The average molecular weight is 239 g/mol. The van der Waals surface area contributed by atoms with E-state index in [9.17, 15) is 9.59 Å². The molecule has 17 heavy (non-hydrogen) atoms. The van der Waals surface area contributed by atoms with Gasteiger partial charge in [0.05, 0.1) is 6.61 Å². The Labute approximate surface area is 97.5 Å². The molecule has 2 rings (SSSR count). The van der Waals surface area contributed by atoms with Gasteiger partial charge < -0.3 is 14.6 Å². The van der Waals surface area contributed by atoms with Gasteiger partial charge in [0, 0.05) is 0 Å². The highest BCUT2D eigenvalue weighted by atomic mass is 16.5. The highest BCUT2D eigenvalue weighted by Gasteiger charge is 2.45. The summed E-state index contributed by atoms with van der Waals surface area (Å²) in [7, 11) is 0. The first-order valence-electron chi connectivity index (χ1n) is 5.44. The van der Waals surface area contributed by atoms with Crippen LogP contribution in [0.4, 0.5) is 0 Å². The highest BCUT2D eigenvalue weighted by Crippen LogP contribution is 2.39. The summed E-state index contributed by atoms with van der Waals surface area (Å²) in [5, 5.41) is 6.33. The lowest BCUT2D eigenvalue weighted by Crippen LogP contribution is -2.53. The number of rotatable bonds is 3. The van der Waals surface area contributed by atoms with Crippen molar-refractivity contribution >= 4 is 11.9 Å². The number of carbonyl (C=O) groups is 2. The van der Waals surface area contributed by atoms with Crippen LogP contribution in [0, 0.1) is 0 Å². The van der Waals surface area contributed by atoms with Crippen molar-refractivity contribution in [2.75, 3.05) is 6.61 Å². The Balaban J connectivity index is 2.06. The maximum absolute atomic E-state index is 11.6. The predicted molar refractivity (Wildman–Crippen MR) is 54.6 cm³/mol. The molecule has 1 fully saturated rings. The Morgan fingerprint density at radius 2 is 2.35 bits per heavy atom. The minimum atomic E-state index is -0.887. The molecule has 0 bridgehead atoms. The molecule has 1 heterocycles. The second kappa shape index (κ2) is 4.52. The zero-order chi connectivity index (χ0) is 12.3. The number of amides is 1. The summed E-state index contributed by atoms with van der Waals surface area (Å²) in [5.41, 5.74) is -0.670.